The predicted molar refractivity (Wildman–Crippen MR) is 76.5 cm³/mol. The maximum atomic E-state index is 13.3. The first kappa shape index (κ1) is 13.3. The topological polar surface area (TPSA) is 12.0 Å². The van der Waals surface area contributed by atoms with Gasteiger partial charge in [-0.3, -0.25) is 0 Å². The molecular formula is C17H17F2N. The van der Waals surface area contributed by atoms with Gasteiger partial charge in [-0.05, 0) is 53.8 Å². The Morgan fingerprint density at radius 3 is 2.55 bits per heavy atom. The lowest BCUT2D eigenvalue weighted by Crippen LogP contribution is -2.18. The van der Waals surface area contributed by atoms with Gasteiger partial charge in [-0.1, -0.05) is 31.2 Å². The molecule has 1 aliphatic carbocycles. The molecule has 1 nitrogen and oxygen atoms in total. The summed E-state index contributed by atoms with van der Waals surface area (Å²) in [6.07, 6.45) is 2.13. The van der Waals surface area contributed by atoms with Crippen molar-refractivity contribution in [2.24, 2.45) is 0 Å². The molecule has 0 amide bonds. The van der Waals surface area contributed by atoms with E-state index in [2.05, 4.69) is 24.4 Å². The average molecular weight is 273 g/mol. The summed E-state index contributed by atoms with van der Waals surface area (Å²) in [6, 6.07) is 10.7. The Kier molecular flexibility index (Phi) is 3.53. The van der Waals surface area contributed by atoms with Gasteiger partial charge in [0, 0.05) is 6.04 Å². The molecule has 0 radical (unpaired) electrons. The van der Waals surface area contributed by atoms with Crippen LogP contribution in [0.2, 0.25) is 0 Å². The second-order valence-corrected chi connectivity index (χ2v) is 5.19. The van der Waals surface area contributed by atoms with Crippen LogP contribution in [0.25, 0.3) is 11.1 Å². The van der Waals surface area contributed by atoms with Crippen molar-refractivity contribution in [2.45, 2.75) is 25.8 Å². The minimum atomic E-state index is -0.804. The molecule has 0 aromatic heterocycles. The second kappa shape index (κ2) is 5.33. The van der Waals surface area contributed by atoms with Crippen LogP contribution in [-0.2, 0) is 6.42 Å². The molecule has 3 rings (SSSR count). The number of benzene rings is 2. The predicted octanol–water partition coefficient (Wildman–Crippen LogP) is 4.23. The van der Waals surface area contributed by atoms with Gasteiger partial charge in [-0.25, -0.2) is 8.78 Å². The number of fused-ring (bicyclic) bond motifs is 1. The summed E-state index contributed by atoms with van der Waals surface area (Å²) in [5.74, 6) is -1.60. The molecule has 0 saturated carbocycles. The molecule has 104 valence electrons. The summed E-state index contributed by atoms with van der Waals surface area (Å²) in [7, 11) is 0. The molecule has 0 saturated heterocycles. The number of aryl methyl sites for hydroxylation is 1. The van der Waals surface area contributed by atoms with Crippen LogP contribution in [-0.4, -0.2) is 6.54 Å². The minimum Gasteiger partial charge on any atom is -0.310 e. The Labute approximate surface area is 117 Å². The highest BCUT2D eigenvalue weighted by molar-refractivity contribution is 5.65. The molecule has 1 N–H and O–H groups in total. The van der Waals surface area contributed by atoms with E-state index < -0.39 is 11.6 Å². The lowest BCUT2D eigenvalue weighted by molar-refractivity contribution is 0.509. The van der Waals surface area contributed by atoms with Crippen molar-refractivity contribution < 1.29 is 8.78 Å². The van der Waals surface area contributed by atoms with Crippen molar-refractivity contribution in [3.63, 3.8) is 0 Å². The van der Waals surface area contributed by atoms with Gasteiger partial charge < -0.3 is 5.32 Å². The monoisotopic (exact) mass is 273 g/mol. The minimum absolute atomic E-state index is 0.425. The molecule has 0 spiro atoms. The van der Waals surface area contributed by atoms with E-state index in [0.717, 1.165) is 30.5 Å². The molecular weight excluding hydrogens is 256 g/mol. The summed E-state index contributed by atoms with van der Waals surface area (Å²) in [6.45, 7) is 3.06. The van der Waals surface area contributed by atoms with Crippen LogP contribution in [0.4, 0.5) is 8.78 Å². The van der Waals surface area contributed by atoms with Crippen LogP contribution in [0.1, 0.15) is 30.5 Å². The fourth-order valence-corrected chi connectivity index (χ4v) is 2.93. The van der Waals surface area contributed by atoms with Crippen molar-refractivity contribution in [2.75, 3.05) is 6.54 Å². The van der Waals surface area contributed by atoms with Crippen molar-refractivity contribution >= 4 is 0 Å². The molecule has 0 heterocycles. The lowest BCUT2D eigenvalue weighted by Gasteiger charge is -2.13. The quantitative estimate of drug-likeness (QED) is 0.882. The third-order valence-corrected chi connectivity index (χ3v) is 3.92. The van der Waals surface area contributed by atoms with Crippen LogP contribution in [0.5, 0.6) is 0 Å². The number of hydrogen-bond acceptors (Lipinski definition) is 1. The molecule has 1 aliphatic rings. The summed E-state index contributed by atoms with van der Waals surface area (Å²) in [5.41, 5.74) is 4.30. The van der Waals surface area contributed by atoms with Gasteiger partial charge in [-0.15, -0.1) is 0 Å². The van der Waals surface area contributed by atoms with E-state index in [4.69, 9.17) is 0 Å². The smallest absolute Gasteiger partial charge is 0.159 e. The van der Waals surface area contributed by atoms with E-state index in [9.17, 15) is 8.78 Å². The first-order chi connectivity index (χ1) is 9.69. The fraction of sp³-hybridized carbons (Fsp3) is 0.294. The van der Waals surface area contributed by atoms with Gasteiger partial charge in [0.15, 0.2) is 11.6 Å². The van der Waals surface area contributed by atoms with Gasteiger partial charge in [0.2, 0.25) is 0 Å². The van der Waals surface area contributed by atoms with Crippen LogP contribution >= 0.6 is 0 Å². The van der Waals surface area contributed by atoms with Crippen molar-refractivity contribution in [3.8, 4) is 11.1 Å². The Balaban J connectivity index is 1.95. The Bertz CT molecular complexity index is 637. The van der Waals surface area contributed by atoms with E-state index in [-0.39, 0.29) is 0 Å². The number of hydrogen-bond donors (Lipinski definition) is 1. The highest BCUT2D eigenvalue weighted by atomic mass is 19.2. The van der Waals surface area contributed by atoms with E-state index in [0.29, 0.717) is 6.04 Å². The van der Waals surface area contributed by atoms with Crippen LogP contribution in [0.15, 0.2) is 36.4 Å². The number of rotatable bonds is 3. The SMILES string of the molecule is CCNC1CCc2cc(-c3ccc(F)c(F)c3)ccc21. The normalized spacial score (nSPS) is 17.2. The summed E-state index contributed by atoms with van der Waals surface area (Å²) in [5, 5.41) is 3.47. The third kappa shape index (κ3) is 2.34. The first-order valence-corrected chi connectivity index (χ1v) is 7.00. The van der Waals surface area contributed by atoms with Crippen molar-refractivity contribution in [1.29, 1.82) is 0 Å². The van der Waals surface area contributed by atoms with Gasteiger partial charge in [0.05, 0.1) is 0 Å². The maximum absolute atomic E-state index is 13.3. The molecule has 2 aromatic carbocycles. The van der Waals surface area contributed by atoms with Gasteiger partial charge >= 0.3 is 0 Å². The molecule has 0 aliphatic heterocycles. The summed E-state index contributed by atoms with van der Waals surface area (Å²) < 4.78 is 26.3. The average Bonchev–Trinajstić information content (AvgIpc) is 2.85. The number of nitrogens with one attached hydrogen (secondary N) is 1. The van der Waals surface area contributed by atoms with Gasteiger partial charge in [-0.2, -0.15) is 0 Å². The molecule has 0 fully saturated rings. The third-order valence-electron chi connectivity index (χ3n) is 3.92. The lowest BCUT2D eigenvalue weighted by atomic mass is 9.99. The van der Waals surface area contributed by atoms with E-state index in [1.165, 1.54) is 23.3 Å². The summed E-state index contributed by atoms with van der Waals surface area (Å²) in [4.78, 5) is 0. The second-order valence-electron chi connectivity index (χ2n) is 5.19. The van der Waals surface area contributed by atoms with Crippen LogP contribution in [0, 0.1) is 11.6 Å². The van der Waals surface area contributed by atoms with Gasteiger partial charge in [0.25, 0.3) is 0 Å². The first-order valence-electron chi connectivity index (χ1n) is 7.00. The molecule has 3 heteroatoms. The maximum Gasteiger partial charge on any atom is 0.159 e. The molecule has 20 heavy (non-hydrogen) atoms. The fourth-order valence-electron chi connectivity index (χ4n) is 2.93. The molecule has 0 bridgehead atoms. The van der Waals surface area contributed by atoms with Crippen molar-refractivity contribution in [3.05, 3.63) is 59.2 Å². The zero-order chi connectivity index (χ0) is 14.1. The Hall–Kier alpha value is -1.74. The van der Waals surface area contributed by atoms with E-state index in [1.807, 2.05) is 6.07 Å². The highest BCUT2D eigenvalue weighted by Gasteiger charge is 2.21. The van der Waals surface area contributed by atoms with Crippen LogP contribution < -0.4 is 5.32 Å². The Morgan fingerprint density at radius 1 is 1.05 bits per heavy atom. The zero-order valence-electron chi connectivity index (χ0n) is 11.4. The standard InChI is InChI=1S/C17H17F2N/c1-2-20-17-8-5-13-9-11(3-6-14(13)17)12-4-7-15(18)16(19)10-12/h3-4,6-7,9-10,17,20H,2,5,8H2,1H3. The highest BCUT2D eigenvalue weighted by Crippen LogP contribution is 2.34. The van der Waals surface area contributed by atoms with E-state index in [1.54, 1.807) is 6.07 Å². The molecule has 2 aromatic rings. The van der Waals surface area contributed by atoms with Crippen LogP contribution in [0.3, 0.4) is 0 Å². The van der Waals surface area contributed by atoms with Crippen molar-refractivity contribution in [1.82, 2.24) is 5.32 Å². The van der Waals surface area contributed by atoms with Gasteiger partial charge in [0.1, 0.15) is 0 Å². The number of halogens is 2. The Morgan fingerprint density at radius 2 is 1.80 bits per heavy atom. The molecule has 1 unspecified atom stereocenters. The molecule has 1 atom stereocenters. The summed E-state index contributed by atoms with van der Waals surface area (Å²) >= 11 is 0. The van der Waals surface area contributed by atoms with E-state index >= 15 is 0 Å². The largest absolute Gasteiger partial charge is 0.310 e. The zero-order valence-corrected chi connectivity index (χ0v) is 11.4.